The molecule has 0 fully saturated rings. The van der Waals surface area contributed by atoms with Crippen molar-refractivity contribution in [3.05, 3.63) is 63.7 Å². The summed E-state index contributed by atoms with van der Waals surface area (Å²) >= 11 is 12.0. The van der Waals surface area contributed by atoms with E-state index in [1.165, 1.54) is 20.1 Å². The molecule has 0 unspecified atom stereocenters. The Morgan fingerprint density at radius 1 is 1.24 bits per heavy atom. The van der Waals surface area contributed by atoms with Gasteiger partial charge in [0.15, 0.2) is 0 Å². The van der Waals surface area contributed by atoms with E-state index in [1.54, 1.807) is 0 Å². The van der Waals surface area contributed by atoms with E-state index in [1.807, 2.05) is 5.32 Å². The number of aliphatic hydroxyl groups is 1. The summed E-state index contributed by atoms with van der Waals surface area (Å²) in [6.45, 7) is -3.48. The smallest absolute Gasteiger partial charge is 0.424 e. The molecule has 2 atom stereocenters. The van der Waals surface area contributed by atoms with E-state index in [-0.39, 0.29) is 61.6 Å². The van der Waals surface area contributed by atoms with Gasteiger partial charge in [-0.2, -0.15) is 27.1 Å². The number of carbonyl (C=O) groups excluding carboxylic acids is 2. The van der Waals surface area contributed by atoms with E-state index in [0.29, 0.717) is 4.68 Å². The number of amides is 2. The lowest BCUT2D eigenvalue weighted by atomic mass is 9.82. The van der Waals surface area contributed by atoms with Gasteiger partial charge in [-0.3, -0.25) is 9.59 Å². The molecule has 0 aliphatic carbocycles. The third kappa shape index (κ3) is 5.46. The molecule has 3 aromatic heterocycles. The van der Waals surface area contributed by atoms with Crippen LogP contribution in [0.15, 0.2) is 36.7 Å². The Balaban J connectivity index is 1.59. The number of ether oxygens (including phenoxy) is 2. The highest BCUT2D eigenvalue weighted by Crippen LogP contribution is 2.48. The minimum absolute atomic E-state index is 0.0208. The molecular formula is C27H21Cl2F5N6O5. The number of benzene rings is 1. The van der Waals surface area contributed by atoms with Crippen LogP contribution in [0.25, 0.3) is 22.2 Å². The first-order valence-electron chi connectivity index (χ1n) is 12.7. The lowest BCUT2D eigenvalue weighted by molar-refractivity contribution is -0.265. The molecule has 1 aliphatic rings. The molecule has 18 heteroatoms. The highest BCUT2D eigenvalue weighted by Gasteiger charge is 2.57. The number of nitrogens with one attached hydrogen (secondary N) is 1. The first-order chi connectivity index (χ1) is 21.0. The lowest BCUT2D eigenvalue weighted by Gasteiger charge is -2.31. The fourth-order valence-electron chi connectivity index (χ4n) is 4.70. The maximum atomic E-state index is 14.7. The van der Waals surface area contributed by atoms with Gasteiger partial charge in [0.05, 0.1) is 24.4 Å². The fraction of sp³-hybridized carbons (Fsp3) is 0.296. The molecule has 4 aromatic rings. The number of pyridine rings is 2. The second-order valence-electron chi connectivity index (χ2n) is 10.3. The van der Waals surface area contributed by atoms with Crippen LogP contribution in [-0.4, -0.2) is 63.1 Å². The molecule has 4 heterocycles. The number of nitrogens with two attached hydrogens (primary N) is 1. The summed E-state index contributed by atoms with van der Waals surface area (Å²) in [6, 6.07) is 4.28. The van der Waals surface area contributed by atoms with E-state index in [0.717, 1.165) is 30.6 Å². The number of hydrogen-bond donors (Lipinski definition) is 3. The summed E-state index contributed by atoms with van der Waals surface area (Å²) in [5.74, 6) is -2.25. The summed E-state index contributed by atoms with van der Waals surface area (Å²) in [6.07, 6.45) is -3.37. The normalized spacial score (nSPS) is 17.6. The number of nitrogens with zero attached hydrogens (tertiary/aromatic N) is 4. The number of alkyl halides is 5. The van der Waals surface area contributed by atoms with E-state index in [4.69, 9.17) is 38.4 Å². The minimum Gasteiger partial charge on any atom is -0.494 e. The predicted molar refractivity (Wildman–Crippen MR) is 149 cm³/mol. The fourth-order valence-corrected chi connectivity index (χ4v) is 4.97. The number of halogens is 7. The second-order valence-corrected chi connectivity index (χ2v) is 11.0. The van der Waals surface area contributed by atoms with Gasteiger partial charge in [-0.25, -0.2) is 14.6 Å². The zero-order chi connectivity index (χ0) is 33.1. The molecule has 5 rings (SSSR count). The molecule has 4 N–H and O–H groups in total. The Kier molecular flexibility index (Phi) is 8.04. The van der Waals surface area contributed by atoms with Crippen LogP contribution >= 0.6 is 23.2 Å². The molecule has 1 aliphatic heterocycles. The Morgan fingerprint density at radius 2 is 1.96 bits per heavy atom. The van der Waals surface area contributed by atoms with Crippen LogP contribution in [0.3, 0.4) is 0 Å². The highest BCUT2D eigenvalue weighted by atomic mass is 35.5. The van der Waals surface area contributed by atoms with Gasteiger partial charge < -0.3 is 25.6 Å². The largest absolute Gasteiger partial charge is 0.494 e. The number of aromatic nitrogens is 4. The summed E-state index contributed by atoms with van der Waals surface area (Å²) in [5.41, 5.74) is -1.55. The molecule has 1 aromatic carbocycles. The van der Waals surface area contributed by atoms with Gasteiger partial charge in [0, 0.05) is 34.5 Å². The first-order valence-corrected chi connectivity index (χ1v) is 13.5. The second kappa shape index (κ2) is 11.3. The number of methoxy groups -OCH3 is 1. The van der Waals surface area contributed by atoms with Crippen LogP contribution in [0, 0.1) is 0 Å². The number of hydrogen-bond acceptors (Lipinski definition) is 8. The predicted octanol–water partition coefficient (Wildman–Crippen LogP) is 4.52. The Bertz CT molecular complexity index is 1860. The summed E-state index contributed by atoms with van der Waals surface area (Å²) in [4.78, 5) is 33.4. The van der Waals surface area contributed by atoms with E-state index >= 15 is 0 Å². The van der Waals surface area contributed by atoms with E-state index in [9.17, 15) is 36.6 Å². The third-order valence-corrected chi connectivity index (χ3v) is 8.04. The van der Waals surface area contributed by atoms with Gasteiger partial charge >= 0.3 is 12.7 Å². The van der Waals surface area contributed by atoms with Crippen LogP contribution in [-0.2, 0) is 15.8 Å². The summed E-state index contributed by atoms with van der Waals surface area (Å²) in [7, 11) is 1.18. The van der Waals surface area contributed by atoms with Crippen molar-refractivity contribution in [1.82, 2.24) is 25.1 Å². The van der Waals surface area contributed by atoms with Crippen LogP contribution in [0.4, 0.5) is 22.0 Å². The minimum atomic E-state index is -5.45. The van der Waals surface area contributed by atoms with Gasteiger partial charge in [0.2, 0.25) is 11.5 Å². The van der Waals surface area contributed by atoms with Crippen LogP contribution in [0.5, 0.6) is 11.5 Å². The van der Waals surface area contributed by atoms with Crippen molar-refractivity contribution in [3.63, 3.8) is 0 Å². The van der Waals surface area contributed by atoms with Gasteiger partial charge in [0.25, 0.3) is 5.91 Å². The Labute approximate surface area is 260 Å². The standard InChI is InChI=1S/C27H21Cl2F5N6O5/c1-25(23(35)42)10-45-20-14(25)6-17(38-19(20)12-4-15(28)21(29)36-7-12)26(43,27(32,33)34)9-37-22(41)11-3-13-8-40(24(30)31)39-18(13)16(5-11)44-2/h3-8,24,43H,9-10H2,1-2H3,(H2,35,42)(H,37,41)/t25-,26-/m0/s1. The third-order valence-electron chi connectivity index (χ3n) is 7.36. The highest BCUT2D eigenvalue weighted by molar-refractivity contribution is 6.41. The Morgan fingerprint density at radius 3 is 2.56 bits per heavy atom. The first kappa shape index (κ1) is 32.1. The van der Waals surface area contributed by atoms with E-state index in [2.05, 4.69) is 15.1 Å². The molecule has 11 nitrogen and oxygen atoms in total. The topological polar surface area (TPSA) is 154 Å². The number of fused-ring (bicyclic) bond motifs is 2. The molecule has 0 radical (unpaired) electrons. The number of carbonyl (C=O) groups is 2. The summed E-state index contributed by atoms with van der Waals surface area (Å²) in [5, 5.41) is 16.8. The van der Waals surface area contributed by atoms with Crippen molar-refractivity contribution in [2.24, 2.45) is 5.73 Å². The van der Waals surface area contributed by atoms with Gasteiger partial charge in [-0.1, -0.05) is 23.2 Å². The van der Waals surface area contributed by atoms with Crippen molar-refractivity contribution >= 4 is 45.9 Å². The maximum absolute atomic E-state index is 14.7. The molecule has 0 saturated carbocycles. The Hall–Kier alpha value is -4.28. The van der Waals surface area contributed by atoms with Crippen molar-refractivity contribution in [2.45, 2.75) is 30.7 Å². The average Bonchev–Trinajstić information content (AvgIpc) is 3.58. The average molecular weight is 675 g/mol. The van der Waals surface area contributed by atoms with Crippen LogP contribution in [0.1, 0.15) is 35.1 Å². The van der Waals surface area contributed by atoms with Crippen LogP contribution in [0.2, 0.25) is 10.2 Å². The van der Waals surface area contributed by atoms with Crippen molar-refractivity contribution in [3.8, 4) is 22.8 Å². The van der Waals surface area contributed by atoms with Crippen molar-refractivity contribution < 1.29 is 46.1 Å². The van der Waals surface area contributed by atoms with Gasteiger partial charge in [-0.15, -0.1) is 0 Å². The lowest BCUT2D eigenvalue weighted by Crippen LogP contribution is -2.51. The molecule has 0 saturated heterocycles. The molecule has 238 valence electrons. The monoisotopic (exact) mass is 674 g/mol. The molecule has 2 amide bonds. The van der Waals surface area contributed by atoms with E-state index < -0.39 is 47.8 Å². The van der Waals surface area contributed by atoms with Gasteiger partial charge in [-0.05, 0) is 31.2 Å². The molecule has 0 bridgehead atoms. The van der Waals surface area contributed by atoms with Crippen LogP contribution < -0.4 is 20.5 Å². The summed E-state index contributed by atoms with van der Waals surface area (Å²) < 4.78 is 81.5. The quantitative estimate of drug-likeness (QED) is 0.182. The maximum Gasteiger partial charge on any atom is 0.424 e. The zero-order valence-corrected chi connectivity index (χ0v) is 24.6. The molecule has 0 spiro atoms. The zero-order valence-electron chi connectivity index (χ0n) is 23.0. The van der Waals surface area contributed by atoms with Gasteiger partial charge in [0.1, 0.15) is 39.9 Å². The van der Waals surface area contributed by atoms with Crippen molar-refractivity contribution in [2.75, 3.05) is 20.3 Å². The van der Waals surface area contributed by atoms with Crippen molar-refractivity contribution in [1.29, 1.82) is 0 Å². The SMILES string of the molecule is COc1cc(C(=O)NC[C@](O)(c2cc3c(c(-c4cnc(Cl)c(Cl)c4)n2)OC[C@]3(C)C(N)=O)C(F)(F)F)cc2cn(C(F)F)nc12. The number of rotatable bonds is 8. The molecule has 45 heavy (non-hydrogen) atoms. The number of primary amides is 1. The molecular weight excluding hydrogens is 654 g/mol.